The molecule has 3 nitrogen and oxygen atoms in total. The van der Waals surface area contributed by atoms with E-state index in [0.717, 1.165) is 33.6 Å². The number of aromatic nitrogens is 2. The van der Waals surface area contributed by atoms with Crippen LogP contribution in [0.2, 0.25) is 10.0 Å². The molecule has 0 saturated heterocycles. The molecule has 0 atom stereocenters. The topological polar surface area (TPSA) is 35.0 Å². The summed E-state index contributed by atoms with van der Waals surface area (Å²) in [4.78, 5) is 8.87. The number of hydrogen-bond donors (Lipinski definition) is 0. The third kappa shape index (κ3) is 5.34. The lowest BCUT2D eigenvalue weighted by Gasteiger charge is -2.17. The van der Waals surface area contributed by atoms with Crippen LogP contribution < -0.4 is 4.74 Å². The molecule has 0 unspecified atom stereocenters. The number of hydrogen-bond acceptors (Lipinski definition) is 4. The minimum atomic E-state index is 0.351. The SMILES string of the molecule is ClSCc1ccc(-c2c(-c3ncccn3)ccc(Cl)c2OCc2ccc(Cl)cc2)cc1. The molecule has 4 rings (SSSR count). The molecule has 0 radical (unpaired) electrons. The van der Waals surface area contributed by atoms with E-state index in [2.05, 4.69) is 9.97 Å². The normalized spacial score (nSPS) is 10.8. The van der Waals surface area contributed by atoms with Crippen molar-refractivity contribution in [3.8, 4) is 28.3 Å². The Morgan fingerprint density at radius 3 is 2.16 bits per heavy atom. The van der Waals surface area contributed by atoms with Crippen LogP contribution in [-0.4, -0.2) is 9.97 Å². The van der Waals surface area contributed by atoms with Gasteiger partial charge in [-0.2, -0.15) is 0 Å². The molecule has 0 amide bonds. The first-order valence-electron chi connectivity index (χ1n) is 9.45. The van der Waals surface area contributed by atoms with Gasteiger partial charge in [-0.25, -0.2) is 9.97 Å². The van der Waals surface area contributed by atoms with Gasteiger partial charge in [-0.15, -0.1) is 0 Å². The zero-order valence-electron chi connectivity index (χ0n) is 16.3. The fourth-order valence-corrected chi connectivity index (χ4v) is 4.21. The Kier molecular flexibility index (Phi) is 7.36. The van der Waals surface area contributed by atoms with Crippen LogP contribution in [0.5, 0.6) is 5.75 Å². The summed E-state index contributed by atoms with van der Waals surface area (Å²) in [6.07, 6.45) is 3.44. The number of rotatable bonds is 7. The fourth-order valence-electron chi connectivity index (χ4n) is 3.18. The minimum Gasteiger partial charge on any atom is -0.487 e. The maximum atomic E-state index is 6.60. The van der Waals surface area contributed by atoms with Gasteiger partial charge in [-0.05, 0) is 57.7 Å². The minimum absolute atomic E-state index is 0.351. The molecule has 156 valence electrons. The van der Waals surface area contributed by atoms with E-state index in [1.54, 1.807) is 18.5 Å². The first-order chi connectivity index (χ1) is 15.2. The molecule has 7 heteroatoms. The molecule has 1 aromatic heterocycles. The molecular formula is C24H17Cl3N2OS. The van der Waals surface area contributed by atoms with Crippen LogP contribution in [0.1, 0.15) is 11.1 Å². The van der Waals surface area contributed by atoms with E-state index in [4.69, 9.17) is 38.6 Å². The number of nitrogens with zero attached hydrogens (tertiary/aromatic N) is 2. The van der Waals surface area contributed by atoms with Gasteiger partial charge >= 0.3 is 0 Å². The number of benzene rings is 3. The Balaban J connectivity index is 1.79. The Morgan fingerprint density at radius 2 is 1.48 bits per heavy atom. The van der Waals surface area contributed by atoms with Crippen molar-refractivity contribution >= 4 is 44.9 Å². The quantitative estimate of drug-likeness (QED) is 0.264. The summed E-state index contributed by atoms with van der Waals surface area (Å²) < 4.78 is 6.23. The molecule has 1 heterocycles. The van der Waals surface area contributed by atoms with E-state index in [1.165, 1.54) is 11.0 Å². The molecular weight excluding hydrogens is 471 g/mol. The van der Waals surface area contributed by atoms with E-state index in [-0.39, 0.29) is 0 Å². The second-order valence-corrected chi connectivity index (χ2v) is 8.74. The first kappa shape index (κ1) is 22.0. The van der Waals surface area contributed by atoms with E-state index in [1.807, 2.05) is 60.7 Å². The van der Waals surface area contributed by atoms with Gasteiger partial charge in [-0.1, -0.05) is 70.6 Å². The molecule has 0 spiro atoms. The van der Waals surface area contributed by atoms with E-state index in [9.17, 15) is 0 Å². The highest BCUT2D eigenvalue weighted by molar-refractivity contribution is 8.20. The van der Waals surface area contributed by atoms with Crippen LogP contribution in [0.3, 0.4) is 0 Å². The van der Waals surface area contributed by atoms with Gasteiger partial charge in [0.05, 0.1) is 5.02 Å². The predicted molar refractivity (Wildman–Crippen MR) is 131 cm³/mol. The van der Waals surface area contributed by atoms with Crippen LogP contribution in [0.25, 0.3) is 22.5 Å². The lowest BCUT2D eigenvalue weighted by atomic mass is 9.97. The average molecular weight is 488 g/mol. The van der Waals surface area contributed by atoms with E-state index in [0.29, 0.717) is 28.2 Å². The maximum absolute atomic E-state index is 6.60. The predicted octanol–water partition coefficient (Wildman–Crippen LogP) is 8.08. The van der Waals surface area contributed by atoms with Crippen molar-refractivity contribution in [3.05, 3.63) is 100 Å². The van der Waals surface area contributed by atoms with Crippen molar-refractivity contribution in [2.45, 2.75) is 12.4 Å². The highest BCUT2D eigenvalue weighted by Crippen LogP contribution is 2.43. The van der Waals surface area contributed by atoms with Crippen molar-refractivity contribution in [2.75, 3.05) is 0 Å². The number of ether oxygens (including phenoxy) is 1. The third-order valence-electron chi connectivity index (χ3n) is 4.68. The zero-order chi connectivity index (χ0) is 21.6. The van der Waals surface area contributed by atoms with Gasteiger partial charge in [0.15, 0.2) is 5.82 Å². The molecule has 0 aliphatic heterocycles. The summed E-state index contributed by atoms with van der Waals surface area (Å²) in [5.74, 6) is 1.92. The summed E-state index contributed by atoms with van der Waals surface area (Å²) in [5.41, 5.74) is 4.77. The van der Waals surface area contributed by atoms with Crippen molar-refractivity contribution in [1.29, 1.82) is 0 Å². The van der Waals surface area contributed by atoms with Gasteiger partial charge in [-0.3, -0.25) is 0 Å². The Morgan fingerprint density at radius 1 is 0.806 bits per heavy atom. The van der Waals surface area contributed by atoms with Crippen molar-refractivity contribution in [1.82, 2.24) is 9.97 Å². The molecule has 31 heavy (non-hydrogen) atoms. The van der Waals surface area contributed by atoms with Gasteiger partial charge in [0.25, 0.3) is 0 Å². The van der Waals surface area contributed by atoms with E-state index < -0.39 is 0 Å². The lowest BCUT2D eigenvalue weighted by molar-refractivity contribution is 0.308. The van der Waals surface area contributed by atoms with Crippen molar-refractivity contribution in [3.63, 3.8) is 0 Å². The Bertz CT molecular complexity index is 1150. The molecule has 0 saturated carbocycles. The summed E-state index contributed by atoms with van der Waals surface area (Å²) in [7, 11) is 7.07. The molecule has 0 aliphatic carbocycles. The molecule has 0 fully saturated rings. The standard InChI is InChI=1S/C24H17Cl3N2OS/c25-19-8-4-16(5-9-19)14-30-23-21(26)11-10-20(24-28-12-1-13-29-24)22(23)18-6-2-17(3-7-18)15-31-27/h1-13H,14-15H2. The zero-order valence-corrected chi connectivity index (χ0v) is 19.3. The average Bonchev–Trinajstić information content (AvgIpc) is 2.80. The lowest BCUT2D eigenvalue weighted by Crippen LogP contribution is -2.00. The summed E-state index contributed by atoms with van der Waals surface area (Å²) in [6.45, 7) is 0.351. The third-order valence-corrected chi connectivity index (χ3v) is 6.00. The van der Waals surface area contributed by atoms with Crippen LogP contribution in [0.15, 0.2) is 79.1 Å². The maximum Gasteiger partial charge on any atom is 0.159 e. The van der Waals surface area contributed by atoms with Crippen molar-refractivity contribution in [2.24, 2.45) is 0 Å². The van der Waals surface area contributed by atoms with Crippen molar-refractivity contribution < 1.29 is 4.74 Å². The monoisotopic (exact) mass is 486 g/mol. The van der Waals surface area contributed by atoms with Gasteiger partial charge in [0, 0.05) is 34.3 Å². The highest BCUT2D eigenvalue weighted by Gasteiger charge is 2.19. The number of halogens is 3. The fraction of sp³-hybridized carbons (Fsp3) is 0.0833. The summed E-state index contributed by atoms with van der Waals surface area (Å²) in [5, 5.41) is 1.20. The van der Waals surface area contributed by atoms with Crippen LogP contribution in [0, 0.1) is 0 Å². The summed E-state index contributed by atoms with van der Waals surface area (Å²) >= 11 is 12.6. The van der Waals surface area contributed by atoms with Gasteiger partial charge in [0.2, 0.25) is 0 Å². The largest absolute Gasteiger partial charge is 0.487 e. The molecule has 0 aliphatic rings. The first-order valence-corrected chi connectivity index (χ1v) is 12.0. The van der Waals surface area contributed by atoms with Gasteiger partial charge < -0.3 is 4.74 Å². The van der Waals surface area contributed by atoms with Gasteiger partial charge in [0.1, 0.15) is 12.4 Å². The highest BCUT2D eigenvalue weighted by atomic mass is 35.7. The molecule has 4 aromatic rings. The van der Waals surface area contributed by atoms with Crippen LogP contribution in [-0.2, 0) is 12.4 Å². The van der Waals surface area contributed by atoms with Crippen LogP contribution >= 0.6 is 44.9 Å². The Labute approximate surface area is 199 Å². The molecule has 0 N–H and O–H groups in total. The summed E-state index contributed by atoms with van der Waals surface area (Å²) in [6, 6.07) is 21.2. The molecule has 0 bridgehead atoms. The second kappa shape index (κ2) is 10.4. The van der Waals surface area contributed by atoms with Crippen LogP contribution in [0.4, 0.5) is 0 Å². The van der Waals surface area contributed by atoms with E-state index >= 15 is 0 Å². The second-order valence-electron chi connectivity index (χ2n) is 6.74. The molecule has 3 aromatic carbocycles. The smallest absolute Gasteiger partial charge is 0.159 e. The Hall–Kier alpha value is -2.24.